The molecule has 3 aromatic rings. The van der Waals surface area contributed by atoms with Crippen LogP contribution < -0.4 is 26.4 Å². The smallest absolute Gasteiger partial charge is 0.259 e. The van der Waals surface area contributed by atoms with Gasteiger partial charge in [-0.3, -0.25) is 19.9 Å². The molecule has 3 heterocycles. The summed E-state index contributed by atoms with van der Waals surface area (Å²) in [7, 11) is 0. The molecule has 0 aliphatic carbocycles. The van der Waals surface area contributed by atoms with Gasteiger partial charge in [0.2, 0.25) is 5.91 Å². The summed E-state index contributed by atoms with van der Waals surface area (Å²) < 4.78 is 42.0. The predicted molar refractivity (Wildman–Crippen MR) is 116 cm³/mol. The minimum Gasteiger partial charge on any atom is -0.321 e. The van der Waals surface area contributed by atoms with Crippen LogP contribution in [0.2, 0.25) is 0 Å². The number of benzene rings is 2. The van der Waals surface area contributed by atoms with Crippen molar-refractivity contribution in [1.29, 1.82) is 0 Å². The van der Waals surface area contributed by atoms with Gasteiger partial charge in [0.15, 0.2) is 6.29 Å². The van der Waals surface area contributed by atoms with Crippen LogP contribution in [-0.2, 0) is 4.79 Å². The highest BCUT2D eigenvalue weighted by Crippen LogP contribution is 2.28. The van der Waals surface area contributed by atoms with Gasteiger partial charge in [-0.15, -0.1) is 0 Å². The number of hydrogen-bond acceptors (Lipinski definition) is 6. The Hall–Kier alpha value is -3.90. The third kappa shape index (κ3) is 3.97. The van der Waals surface area contributed by atoms with Gasteiger partial charge in [0.05, 0.1) is 22.9 Å². The molecular formula is C22H20F3N7O2. The van der Waals surface area contributed by atoms with Crippen LogP contribution in [-0.4, -0.2) is 34.3 Å². The third-order valence-corrected chi connectivity index (χ3v) is 5.71. The van der Waals surface area contributed by atoms with E-state index in [0.717, 1.165) is 12.1 Å². The van der Waals surface area contributed by atoms with E-state index in [1.165, 1.54) is 16.8 Å². The van der Waals surface area contributed by atoms with E-state index in [9.17, 15) is 22.8 Å². The molecule has 2 aromatic carbocycles. The number of aromatic nitrogens is 2. The summed E-state index contributed by atoms with van der Waals surface area (Å²) in [4.78, 5) is 25.5. The second kappa shape index (κ2) is 8.47. The summed E-state index contributed by atoms with van der Waals surface area (Å²) in [5.74, 6) is -3.47. The van der Waals surface area contributed by atoms with Crippen molar-refractivity contribution in [1.82, 2.24) is 25.8 Å². The van der Waals surface area contributed by atoms with Crippen LogP contribution in [0.3, 0.4) is 0 Å². The van der Waals surface area contributed by atoms with Crippen molar-refractivity contribution < 1.29 is 22.8 Å². The lowest BCUT2D eigenvalue weighted by Gasteiger charge is -2.37. The first-order valence-electron chi connectivity index (χ1n) is 10.5. The highest BCUT2D eigenvalue weighted by Gasteiger charge is 2.45. The fourth-order valence-electron chi connectivity index (χ4n) is 4.11. The van der Waals surface area contributed by atoms with Crippen LogP contribution in [0.4, 0.5) is 24.7 Å². The molecule has 2 aliphatic rings. The number of halogens is 3. The van der Waals surface area contributed by atoms with Crippen LogP contribution in [0, 0.1) is 30.3 Å². The van der Waals surface area contributed by atoms with Crippen LogP contribution in [0.5, 0.6) is 0 Å². The Kier molecular flexibility index (Phi) is 5.46. The summed E-state index contributed by atoms with van der Waals surface area (Å²) in [6.45, 7) is 2.05. The highest BCUT2D eigenvalue weighted by molar-refractivity contribution is 6.04. The lowest BCUT2D eigenvalue weighted by Crippen LogP contribution is -2.61. The number of rotatable bonds is 4. The lowest BCUT2D eigenvalue weighted by atomic mass is 10.0. The van der Waals surface area contributed by atoms with Crippen molar-refractivity contribution in [3.8, 4) is 0 Å². The van der Waals surface area contributed by atoms with Crippen molar-refractivity contribution in [2.45, 2.75) is 19.4 Å². The van der Waals surface area contributed by atoms with E-state index in [2.05, 4.69) is 26.5 Å². The summed E-state index contributed by atoms with van der Waals surface area (Å²) in [6.07, 6.45) is -1.34. The maximum absolute atomic E-state index is 14.1. The monoisotopic (exact) mass is 471 g/mol. The molecule has 2 saturated heterocycles. The molecule has 5 rings (SSSR count). The van der Waals surface area contributed by atoms with E-state index < -0.39 is 35.9 Å². The molecule has 2 fully saturated rings. The zero-order valence-corrected chi connectivity index (χ0v) is 17.8. The van der Waals surface area contributed by atoms with Gasteiger partial charge in [-0.1, -0.05) is 0 Å². The number of aryl methyl sites for hydroxylation is 1. The number of carbonyl (C=O) groups is 2. The molecule has 3 unspecified atom stereocenters. The molecule has 3 atom stereocenters. The minimum absolute atomic E-state index is 0.196. The van der Waals surface area contributed by atoms with Gasteiger partial charge < -0.3 is 10.6 Å². The SMILES string of the molecule is Cc1cc(NC(=O)c2ccc(F)cc2F)n(C2NC(=O)C3CNN(c4ccc(F)cc4)C3N2)n1. The Labute approximate surface area is 191 Å². The fourth-order valence-corrected chi connectivity index (χ4v) is 4.11. The molecule has 1 aromatic heterocycles. The molecule has 2 aliphatic heterocycles. The summed E-state index contributed by atoms with van der Waals surface area (Å²) in [5.41, 5.74) is 3.99. The first-order chi connectivity index (χ1) is 16.3. The van der Waals surface area contributed by atoms with E-state index in [-0.39, 0.29) is 23.1 Å². The van der Waals surface area contributed by atoms with E-state index >= 15 is 0 Å². The van der Waals surface area contributed by atoms with E-state index in [1.54, 1.807) is 30.1 Å². The fraction of sp³-hybridized carbons (Fsp3) is 0.227. The molecule has 2 amide bonds. The Morgan fingerprint density at radius 1 is 1.09 bits per heavy atom. The molecule has 0 saturated carbocycles. The van der Waals surface area contributed by atoms with E-state index in [1.807, 2.05) is 0 Å². The number of amides is 2. The van der Waals surface area contributed by atoms with E-state index in [4.69, 9.17) is 0 Å². The molecule has 0 spiro atoms. The Balaban J connectivity index is 1.40. The molecule has 0 radical (unpaired) electrons. The summed E-state index contributed by atoms with van der Waals surface area (Å²) >= 11 is 0. The molecule has 4 N–H and O–H groups in total. The Bertz CT molecular complexity index is 1260. The summed E-state index contributed by atoms with van der Waals surface area (Å²) in [5, 5.41) is 14.8. The molecular weight excluding hydrogens is 451 g/mol. The Morgan fingerprint density at radius 3 is 2.56 bits per heavy atom. The van der Waals surface area contributed by atoms with Crippen molar-refractivity contribution in [3.05, 3.63) is 77.2 Å². The molecule has 176 valence electrons. The molecule has 0 bridgehead atoms. The number of anilines is 2. The van der Waals surface area contributed by atoms with Crippen molar-refractivity contribution in [3.63, 3.8) is 0 Å². The second-order valence-electron chi connectivity index (χ2n) is 8.03. The van der Waals surface area contributed by atoms with Gasteiger partial charge in [-0.2, -0.15) is 5.10 Å². The van der Waals surface area contributed by atoms with Crippen LogP contribution in [0.15, 0.2) is 48.5 Å². The van der Waals surface area contributed by atoms with Gasteiger partial charge in [-0.25, -0.2) is 23.3 Å². The largest absolute Gasteiger partial charge is 0.321 e. The van der Waals surface area contributed by atoms with Crippen molar-refractivity contribution in [2.75, 3.05) is 16.9 Å². The quantitative estimate of drug-likeness (QED) is 0.464. The number of hydrazine groups is 1. The zero-order valence-electron chi connectivity index (χ0n) is 17.8. The average Bonchev–Trinajstić information content (AvgIpc) is 3.38. The normalized spacial score (nSPS) is 21.8. The maximum Gasteiger partial charge on any atom is 0.259 e. The predicted octanol–water partition coefficient (Wildman–Crippen LogP) is 2.00. The van der Waals surface area contributed by atoms with Gasteiger partial charge in [0.1, 0.15) is 29.4 Å². The van der Waals surface area contributed by atoms with Crippen LogP contribution in [0.1, 0.15) is 22.3 Å². The first-order valence-corrected chi connectivity index (χ1v) is 10.5. The topological polar surface area (TPSA) is 103 Å². The number of fused-ring (bicyclic) bond motifs is 1. The average molecular weight is 471 g/mol. The van der Waals surface area contributed by atoms with Crippen molar-refractivity contribution >= 4 is 23.3 Å². The molecule has 9 nitrogen and oxygen atoms in total. The Morgan fingerprint density at radius 2 is 1.82 bits per heavy atom. The molecule has 34 heavy (non-hydrogen) atoms. The lowest BCUT2D eigenvalue weighted by molar-refractivity contribution is -0.129. The zero-order chi connectivity index (χ0) is 24.0. The highest BCUT2D eigenvalue weighted by atomic mass is 19.1. The minimum atomic E-state index is -1.00. The number of nitrogens with one attached hydrogen (secondary N) is 4. The van der Waals surface area contributed by atoms with Crippen LogP contribution in [0.25, 0.3) is 0 Å². The first kappa shape index (κ1) is 21.9. The summed E-state index contributed by atoms with van der Waals surface area (Å²) in [6, 6.07) is 10.0. The maximum atomic E-state index is 14.1. The van der Waals surface area contributed by atoms with Gasteiger partial charge in [-0.05, 0) is 43.3 Å². The van der Waals surface area contributed by atoms with E-state index in [0.29, 0.717) is 24.0 Å². The number of carbonyl (C=O) groups excluding carboxylic acids is 2. The van der Waals surface area contributed by atoms with Gasteiger partial charge in [0.25, 0.3) is 5.91 Å². The standard InChI is InChI=1S/C22H20F3N7O2/c1-11-8-18(27-20(33)15-7-4-13(24)9-17(15)25)32(30-11)22-28-19-16(21(34)29-22)10-26-31(19)14-5-2-12(23)3-6-14/h2-9,16,19,22,26,28H,10H2,1H3,(H,27,33)(H,29,34). The van der Waals surface area contributed by atoms with Gasteiger partial charge >= 0.3 is 0 Å². The van der Waals surface area contributed by atoms with Gasteiger partial charge in [0, 0.05) is 18.7 Å². The third-order valence-electron chi connectivity index (χ3n) is 5.71. The number of hydrogen-bond donors (Lipinski definition) is 4. The van der Waals surface area contributed by atoms with Crippen LogP contribution >= 0.6 is 0 Å². The van der Waals surface area contributed by atoms with Crippen molar-refractivity contribution in [2.24, 2.45) is 5.92 Å². The second-order valence-corrected chi connectivity index (χ2v) is 8.03. The molecule has 12 heteroatoms. The number of nitrogens with zero attached hydrogens (tertiary/aromatic N) is 3.